The van der Waals surface area contributed by atoms with Crippen LogP contribution >= 0.6 is 0 Å². The molecule has 2 unspecified atom stereocenters. The Labute approximate surface area is 187 Å². The first-order chi connectivity index (χ1) is 15.5. The first-order valence-corrected chi connectivity index (χ1v) is 10.6. The molecule has 0 aliphatic carbocycles. The van der Waals surface area contributed by atoms with Crippen LogP contribution in [-0.4, -0.2) is 43.2 Å². The minimum Gasteiger partial charge on any atom is -0.466 e. The maximum absolute atomic E-state index is 13.2. The Kier molecular flexibility index (Phi) is 8.16. The lowest BCUT2D eigenvalue weighted by Crippen LogP contribution is -2.52. The van der Waals surface area contributed by atoms with Crippen molar-refractivity contribution < 1.29 is 28.6 Å². The highest BCUT2D eigenvalue weighted by Crippen LogP contribution is 2.32. The molecular formula is C25H27NO6. The van der Waals surface area contributed by atoms with Crippen LogP contribution in [-0.2, 0) is 30.4 Å². The molecule has 2 aromatic rings. The molecule has 1 aliphatic rings. The number of fused-ring (bicyclic) bond motifs is 1. The van der Waals surface area contributed by atoms with Gasteiger partial charge in [0.25, 0.3) is 0 Å². The van der Waals surface area contributed by atoms with Crippen molar-refractivity contribution in [1.82, 2.24) is 0 Å². The highest BCUT2D eigenvalue weighted by atomic mass is 16.6. The molecule has 168 valence electrons. The Morgan fingerprint density at radius 1 is 0.938 bits per heavy atom. The average molecular weight is 437 g/mol. The number of hydrogen-bond acceptors (Lipinski definition) is 6. The first kappa shape index (κ1) is 23.2. The van der Waals surface area contributed by atoms with Gasteiger partial charge in [0.1, 0.15) is 19.1 Å². The Balaban J connectivity index is 1.88. The summed E-state index contributed by atoms with van der Waals surface area (Å²) < 4.78 is 16.2. The van der Waals surface area contributed by atoms with E-state index in [4.69, 9.17) is 14.2 Å². The van der Waals surface area contributed by atoms with E-state index in [9.17, 15) is 14.4 Å². The predicted octanol–water partition coefficient (Wildman–Crippen LogP) is 4.15. The molecule has 1 heterocycles. The number of amides is 1. The van der Waals surface area contributed by atoms with E-state index in [0.717, 1.165) is 11.1 Å². The summed E-state index contributed by atoms with van der Waals surface area (Å²) >= 11 is 0. The monoisotopic (exact) mass is 437 g/mol. The van der Waals surface area contributed by atoms with Crippen molar-refractivity contribution in [2.45, 2.75) is 39.0 Å². The molecule has 1 amide bonds. The number of carbonyl (C=O) groups excluding carboxylic acids is 3. The number of rotatable bonds is 9. The molecule has 1 aliphatic heterocycles. The van der Waals surface area contributed by atoms with Gasteiger partial charge in [-0.1, -0.05) is 60.7 Å². The number of Topliss-reactive ketones (excluding diaryl/α,β-unsaturated/α-hetero) is 1. The van der Waals surface area contributed by atoms with Crippen molar-refractivity contribution in [3.8, 4) is 0 Å². The van der Waals surface area contributed by atoms with Gasteiger partial charge in [-0.3, -0.25) is 14.5 Å². The van der Waals surface area contributed by atoms with Gasteiger partial charge in [-0.05, 0) is 31.0 Å². The third kappa shape index (κ3) is 5.62. The third-order valence-corrected chi connectivity index (χ3v) is 4.97. The largest absolute Gasteiger partial charge is 0.466 e. The normalized spacial score (nSPS) is 15.6. The van der Waals surface area contributed by atoms with Crippen LogP contribution in [0.25, 0.3) is 6.08 Å². The van der Waals surface area contributed by atoms with E-state index < -0.39 is 36.4 Å². The highest BCUT2D eigenvalue weighted by molar-refractivity contribution is 6.01. The van der Waals surface area contributed by atoms with Crippen molar-refractivity contribution in [2.75, 3.05) is 18.1 Å². The number of ether oxygens (including phenoxy) is 3. The van der Waals surface area contributed by atoms with Gasteiger partial charge in [0.15, 0.2) is 5.78 Å². The summed E-state index contributed by atoms with van der Waals surface area (Å²) in [6.45, 7) is 3.93. The lowest BCUT2D eigenvalue weighted by atomic mass is 9.96. The molecule has 0 bridgehead atoms. The van der Waals surface area contributed by atoms with Crippen molar-refractivity contribution in [1.29, 1.82) is 0 Å². The molecule has 32 heavy (non-hydrogen) atoms. The van der Waals surface area contributed by atoms with Crippen LogP contribution in [0.5, 0.6) is 0 Å². The molecular weight excluding hydrogens is 410 g/mol. The lowest BCUT2D eigenvalue weighted by molar-refractivity contribution is -0.148. The zero-order valence-electron chi connectivity index (χ0n) is 18.2. The fourth-order valence-corrected chi connectivity index (χ4v) is 3.56. The van der Waals surface area contributed by atoms with Crippen molar-refractivity contribution in [3.63, 3.8) is 0 Å². The zero-order chi connectivity index (χ0) is 22.9. The predicted molar refractivity (Wildman–Crippen MR) is 120 cm³/mol. The molecule has 0 N–H and O–H groups in total. The average Bonchev–Trinajstić information content (AvgIpc) is 2.81. The first-order valence-electron chi connectivity index (χ1n) is 10.6. The van der Waals surface area contributed by atoms with Gasteiger partial charge in [-0.2, -0.15) is 0 Å². The number of benzene rings is 2. The second-order valence-corrected chi connectivity index (χ2v) is 7.14. The molecule has 0 saturated carbocycles. The van der Waals surface area contributed by atoms with E-state index in [0.29, 0.717) is 5.69 Å². The van der Waals surface area contributed by atoms with Crippen molar-refractivity contribution in [2.24, 2.45) is 0 Å². The summed E-state index contributed by atoms with van der Waals surface area (Å²) in [5.41, 5.74) is 2.26. The lowest BCUT2D eigenvalue weighted by Gasteiger charge is -2.36. The number of esters is 1. The summed E-state index contributed by atoms with van der Waals surface area (Å²) in [4.78, 5) is 39.5. The summed E-state index contributed by atoms with van der Waals surface area (Å²) in [5, 5.41) is 0. The number of ketones is 1. The van der Waals surface area contributed by atoms with Crippen molar-refractivity contribution >= 4 is 29.6 Å². The van der Waals surface area contributed by atoms with Gasteiger partial charge >= 0.3 is 12.1 Å². The van der Waals surface area contributed by atoms with Crippen LogP contribution in [0.1, 0.15) is 31.4 Å². The Hall–Kier alpha value is -3.45. The molecule has 0 radical (unpaired) electrons. The minimum atomic E-state index is -1.04. The summed E-state index contributed by atoms with van der Waals surface area (Å²) in [6, 6.07) is 15.9. The summed E-state index contributed by atoms with van der Waals surface area (Å²) in [5.74, 6) is -1.08. The van der Waals surface area contributed by atoms with Crippen LogP contribution < -0.4 is 4.90 Å². The molecule has 0 saturated heterocycles. The molecule has 0 fully saturated rings. The topological polar surface area (TPSA) is 82.1 Å². The van der Waals surface area contributed by atoms with Crippen LogP contribution in [0.15, 0.2) is 60.7 Å². The second kappa shape index (κ2) is 11.2. The van der Waals surface area contributed by atoms with E-state index in [1.807, 2.05) is 54.6 Å². The fourth-order valence-electron chi connectivity index (χ4n) is 3.56. The number of nitrogens with zero attached hydrogens (tertiary/aromatic N) is 1. The molecule has 2 atom stereocenters. The maximum atomic E-state index is 13.2. The molecule has 3 rings (SSSR count). The second-order valence-electron chi connectivity index (χ2n) is 7.14. The molecule has 0 aromatic heterocycles. The Morgan fingerprint density at radius 2 is 1.66 bits per heavy atom. The van der Waals surface area contributed by atoms with E-state index in [-0.39, 0.29) is 19.8 Å². The Bertz CT molecular complexity index is 971. The van der Waals surface area contributed by atoms with Crippen LogP contribution in [0.4, 0.5) is 10.5 Å². The molecule has 0 spiro atoms. The third-order valence-electron chi connectivity index (χ3n) is 4.97. The van der Waals surface area contributed by atoms with Crippen LogP contribution in [0.3, 0.4) is 0 Å². The molecule has 7 nitrogen and oxygen atoms in total. The summed E-state index contributed by atoms with van der Waals surface area (Å²) in [6.07, 6.45) is 1.49. The number of carbonyl (C=O) groups is 3. The minimum absolute atomic E-state index is 0.0881. The highest BCUT2D eigenvalue weighted by Gasteiger charge is 2.39. The Morgan fingerprint density at radius 3 is 2.38 bits per heavy atom. The van der Waals surface area contributed by atoms with Gasteiger partial charge in [0.2, 0.25) is 0 Å². The van der Waals surface area contributed by atoms with E-state index >= 15 is 0 Å². The van der Waals surface area contributed by atoms with Crippen molar-refractivity contribution in [3.05, 3.63) is 71.8 Å². The van der Waals surface area contributed by atoms with Gasteiger partial charge in [-0.25, -0.2) is 4.79 Å². The van der Waals surface area contributed by atoms with E-state index in [2.05, 4.69) is 0 Å². The summed E-state index contributed by atoms with van der Waals surface area (Å²) in [7, 11) is 0. The van der Waals surface area contributed by atoms with Crippen LogP contribution in [0, 0.1) is 0 Å². The number of anilines is 1. The smallest absolute Gasteiger partial charge is 0.415 e. The van der Waals surface area contributed by atoms with Gasteiger partial charge in [0.05, 0.1) is 18.3 Å². The van der Waals surface area contributed by atoms with E-state index in [1.54, 1.807) is 26.0 Å². The standard InChI is InChI=1S/C25H27NO6/c1-3-30-23(28)16-22(27)24(31-4-2)21-15-14-19-12-8-9-13-20(19)26(21)25(29)32-17-18-10-6-5-7-11-18/h5-15,21,24H,3-4,16-17H2,1-2H3. The molecule has 2 aromatic carbocycles. The quantitative estimate of drug-likeness (QED) is 0.433. The van der Waals surface area contributed by atoms with Gasteiger partial charge in [0, 0.05) is 6.61 Å². The van der Waals surface area contributed by atoms with Crippen LogP contribution in [0.2, 0.25) is 0 Å². The fraction of sp³-hybridized carbons (Fsp3) is 0.320. The SMILES string of the molecule is CCOC(=O)CC(=O)C(OCC)C1C=Cc2ccccc2N1C(=O)OCc1ccccc1. The van der Waals surface area contributed by atoms with E-state index in [1.165, 1.54) is 4.90 Å². The van der Waals surface area contributed by atoms with Gasteiger partial charge < -0.3 is 14.2 Å². The number of para-hydroxylation sites is 1. The molecule has 7 heteroatoms. The van der Waals surface area contributed by atoms with Gasteiger partial charge in [-0.15, -0.1) is 0 Å². The maximum Gasteiger partial charge on any atom is 0.415 e. The number of hydrogen-bond donors (Lipinski definition) is 0. The zero-order valence-corrected chi connectivity index (χ0v) is 18.2.